The summed E-state index contributed by atoms with van der Waals surface area (Å²) in [6.07, 6.45) is 0.995. The van der Waals surface area contributed by atoms with Gasteiger partial charge in [-0.2, -0.15) is 0 Å². The molecule has 0 radical (unpaired) electrons. The van der Waals surface area contributed by atoms with E-state index in [-0.39, 0.29) is 13.2 Å². The summed E-state index contributed by atoms with van der Waals surface area (Å²) in [7, 11) is 1.64. The molecular formula is C19H22N2O4S. The lowest BCUT2D eigenvalue weighted by molar-refractivity contribution is 0.102. The maximum atomic E-state index is 8.29. The van der Waals surface area contributed by atoms with Crippen molar-refractivity contribution in [2.24, 2.45) is 5.73 Å². The van der Waals surface area contributed by atoms with Gasteiger partial charge in [-0.3, -0.25) is 4.98 Å². The predicted molar refractivity (Wildman–Crippen MR) is 104 cm³/mol. The van der Waals surface area contributed by atoms with Gasteiger partial charge in [-0.05, 0) is 42.5 Å². The van der Waals surface area contributed by atoms with Crippen LogP contribution in [-0.2, 0) is 0 Å². The van der Waals surface area contributed by atoms with Gasteiger partial charge >= 0.3 is 0 Å². The van der Waals surface area contributed by atoms with Crippen LogP contribution in [0.3, 0.4) is 0 Å². The first-order valence-electron chi connectivity index (χ1n) is 7.96. The molecule has 0 spiro atoms. The number of aliphatic hydroxyl groups excluding tert-OH is 2. The zero-order valence-corrected chi connectivity index (χ0v) is 15.3. The standard InChI is InChI=1S/C16H13NO2S.C3H9NO2/c1-18-12-4-7-14-15(10-12)17-9-8-16(14)19-11-2-5-13(20)6-3-11;4-1-3(6)2-5/h2-10,20H,1H3;3,5-6H,1-2,4H2. The van der Waals surface area contributed by atoms with Crippen LogP contribution in [0.4, 0.5) is 0 Å². The number of rotatable bonds is 5. The van der Waals surface area contributed by atoms with Crippen LogP contribution < -0.4 is 15.2 Å². The first kappa shape index (κ1) is 20.0. The molecule has 0 saturated carbocycles. The molecule has 26 heavy (non-hydrogen) atoms. The van der Waals surface area contributed by atoms with Crippen LogP contribution in [0.2, 0.25) is 0 Å². The second-order valence-corrected chi connectivity index (χ2v) is 5.88. The zero-order valence-electron chi connectivity index (χ0n) is 14.4. The molecule has 2 aromatic carbocycles. The van der Waals surface area contributed by atoms with Crippen molar-refractivity contribution in [3.63, 3.8) is 0 Å². The van der Waals surface area contributed by atoms with E-state index in [1.54, 1.807) is 13.3 Å². The van der Waals surface area contributed by atoms with Gasteiger partial charge in [0, 0.05) is 29.1 Å². The van der Waals surface area contributed by atoms with Crippen LogP contribution in [0.5, 0.6) is 17.2 Å². The Hall–Kier alpha value is -2.32. The lowest BCUT2D eigenvalue weighted by Gasteiger charge is -2.09. The maximum absolute atomic E-state index is 8.29. The summed E-state index contributed by atoms with van der Waals surface area (Å²) in [4.78, 5) is 5.24. The number of aliphatic hydroxyl groups is 2. The van der Waals surface area contributed by atoms with Crippen LogP contribution in [-0.4, -0.2) is 41.6 Å². The molecule has 0 aliphatic rings. The second-order valence-electron chi connectivity index (χ2n) is 5.36. The van der Waals surface area contributed by atoms with E-state index in [1.807, 2.05) is 48.5 Å². The molecule has 1 aromatic heterocycles. The Bertz CT molecular complexity index is 823. The second kappa shape index (κ2) is 9.98. The van der Waals surface area contributed by atoms with E-state index in [2.05, 4.69) is 17.6 Å². The highest BCUT2D eigenvalue weighted by molar-refractivity contribution is 7.80. The van der Waals surface area contributed by atoms with Crippen molar-refractivity contribution in [3.8, 4) is 17.2 Å². The predicted octanol–water partition coefficient (Wildman–Crippen LogP) is 2.62. The van der Waals surface area contributed by atoms with Gasteiger partial charge in [0.1, 0.15) is 17.2 Å². The maximum Gasteiger partial charge on any atom is 0.138 e. The van der Waals surface area contributed by atoms with E-state index < -0.39 is 6.10 Å². The number of ether oxygens (including phenoxy) is 2. The smallest absolute Gasteiger partial charge is 0.138 e. The fraction of sp³-hybridized carbons (Fsp3) is 0.211. The molecule has 0 saturated heterocycles. The van der Waals surface area contributed by atoms with Crippen LogP contribution >= 0.6 is 12.6 Å². The molecule has 1 unspecified atom stereocenters. The van der Waals surface area contributed by atoms with Crippen LogP contribution in [0.1, 0.15) is 0 Å². The summed E-state index contributed by atoms with van der Waals surface area (Å²) in [5.74, 6) is 2.32. The number of benzene rings is 2. The number of pyridine rings is 1. The Morgan fingerprint density at radius 1 is 1.12 bits per heavy atom. The monoisotopic (exact) mass is 374 g/mol. The quantitative estimate of drug-likeness (QED) is 0.513. The van der Waals surface area contributed by atoms with E-state index in [1.165, 1.54) is 0 Å². The molecule has 1 atom stereocenters. The highest BCUT2D eigenvalue weighted by Gasteiger charge is 2.05. The molecule has 0 amide bonds. The molecule has 138 valence electrons. The number of hydrogen-bond donors (Lipinski definition) is 4. The number of thiol groups is 1. The van der Waals surface area contributed by atoms with Gasteiger partial charge in [0.25, 0.3) is 0 Å². The van der Waals surface area contributed by atoms with Crippen molar-refractivity contribution in [2.75, 3.05) is 20.3 Å². The summed E-state index contributed by atoms with van der Waals surface area (Å²) < 4.78 is 11.1. The van der Waals surface area contributed by atoms with Gasteiger partial charge in [-0.1, -0.05) is 0 Å². The van der Waals surface area contributed by atoms with Crippen molar-refractivity contribution in [1.29, 1.82) is 0 Å². The number of fused-ring (bicyclic) bond motifs is 1. The van der Waals surface area contributed by atoms with Crippen molar-refractivity contribution in [3.05, 3.63) is 54.7 Å². The van der Waals surface area contributed by atoms with Gasteiger partial charge < -0.3 is 25.4 Å². The van der Waals surface area contributed by atoms with Gasteiger partial charge in [0.2, 0.25) is 0 Å². The minimum absolute atomic E-state index is 0.135. The van der Waals surface area contributed by atoms with E-state index >= 15 is 0 Å². The largest absolute Gasteiger partial charge is 0.497 e. The SMILES string of the molecule is COc1ccc2c(Oc3ccc(S)cc3)ccnc2c1.NCC(O)CO. The molecule has 3 rings (SSSR count). The highest BCUT2D eigenvalue weighted by Crippen LogP contribution is 2.30. The van der Waals surface area contributed by atoms with Gasteiger partial charge in [0.15, 0.2) is 0 Å². The van der Waals surface area contributed by atoms with E-state index in [9.17, 15) is 0 Å². The number of nitrogens with two attached hydrogens (primary N) is 1. The Labute approximate surface area is 157 Å². The fourth-order valence-corrected chi connectivity index (χ4v) is 2.18. The summed E-state index contributed by atoms with van der Waals surface area (Å²) >= 11 is 4.26. The molecule has 1 heterocycles. The first-order chi connectivity index (χ1) is 12.6. The van der Waals surface area contributed by atoms with Crippen LogP contribution in [0.25, 0.3) is 10.9 Å². The van der Waals surface area contributed by atoms with Crippen molar-refractivity contribution >= 4 is 23.5 Å². The third-order valence-corrected chi connectivity index (χ3v) is 3.76. The molecule has 0 aliphatic heterocycles. The Balaban J connectivity index is 0.000000352. The molecule has 3 aromatic rings. The average Bonchev–Trinajstić information content (AvgIpc) is 2.69. The normalized spacial score (nSPS) is 11.4. The van der Waals surface area contributed by atoms with Gasteiger partial charge in [-0.25, -0.2) is 0 Å². The van der Waals surface area contributed by atoms with E-state index in [0.717, 1.165) is 33.0 Å². The molecule has 7 heteroatoms. The Morgan fingerprint density at radius 3 is 2.38 bits per heavy atom. The number of methoxy groups -OCH3 is 1. The van der Waals surface area contributed by atoms with Crippen LogP contribution in [0.15, 0.2) is 59.6 Å². The molecular weight excluding hydrogens is 352 g/mol. The Morgan fingerprint density at radius 2 is 1.81 bits per heavy atom. The first-order valence-corrected chi connectivity index (χ1v) is 8.40. The molecule has 6 nitrogen and oxygen atoms in total. The van der Waals surface area contributed by atoms with Crippen molar-refractivity contribution < 1.29 is 19.7 Å². The number of nitrogens with zero attached hydrogens (tertiary/aromatic N) is 1. The van der Waals surface area contributed by atoms with Crippen LogP contribution in [0, 0.1) is 0 Å². The molecule has 4 N–H and O–H groups in total. The molecule has 0 bridgehead atoms. The summed E-state index contributed by atoms with van der Waals surface area (Å²) in [5, 5.41) is 17.2. The van der Waals surface area contributed by atoms with Gasteiger partial charge in [0.05, 0.1) is 25.3 Å². The number of aromatic nitrogens is 1. The summed E-state index contributed by atoms with van der Waals surface area (Å²) in [5.41, 5.74) is 5.71. The third kappa shape index (κ3) is 5.60. The van der Waals surface area contributed by atoms with Crippen molar-refractivity contribution in [2.45, 2.75) is 11.0 Å². The van der Waals surface area contributed by atoms with E-state index in [0.29, 0.717) is 0 Å². The molecule has 0 aliphatic carbocycles. The van der Waals surface area contributed by atoms with Crippen molar-refractivity contribution in [1.82, 2.24) is 4.98 Å². The number of hydrogen-bond acceptors (Lipinski definition) is 7. The average molecular weight is 374 g/mol. The summed E-state index contributed by atoms with van der Waals surface area (Å²) in [6, 6.07) is 15.1. The summed E-state index contributed by atoms with van der Waals surface area (Å²) in [6.45, 7) is -0.104. The fourth-order valence-electron chi connectivity index (χ4n) is 2.03. The van der Waals surface area contributed by atoms with Gasteiger partial charge in [-0.15, -0.1) is 12.6 Å². The minimum Gasteiger partial charge on any atom is -0.497 e. The molecule has 0 fully saturated rings. The zero-order chi connectivity index (χ0) is 18.9. The Kier molecular flexibility index (Phi) is 7.68. The van der Waals surface area contributed by atoms with E-state index in [4.69, 9.17) is 25.4 Å². The topological polar surface area (TPSA) is 97.8 Å². The highest BCUT2D eigenvalue weighted by atomic mass is 32.1. The lowest BCUT2D eigenvalue weighted by Crippen LogP contribution is -2.22. The third-order valence-electron chi connectivity index (χ3n) is 3.46. The lowest BCUT2D eigenvalue weighted by atomic mass is 10.2. The minimum atomic E-state index is -0.731.